The summed E-state index contributed by atoms with van der Waals surface area (Å²) < 4.78 is 6.56. The number of aromatic nitrogens is 1. The number of furan rings is 1. The number of nitrogens with zero attached hydrogens (tertiary/aromatic N) is 1. The first-order valence-corrected chi connectivity index (χ1v) is 7.42. The molecule has 0 amide bonds. The van der Waals surface area contributed by atoms with Crippen molar-refractivity contribution in [2.24, 2.45) is 0 Å². The molecule has 3 nitrogen and oxygen atoms in total. The Kier molecular flexibility index (Phi) is 2.75. The van der Waals surface area contributed by atoms with Gasteiger partial charge in [-0.3, -0.25) is 0 Å². The first-order chi connectivity index (χ1) is 10.3. The maximum atomic E-state index is 5.83. The molecular weight excluding hydrogens is 280 g/mol. The van der Waals surface area contributed by atoms with E-state index in [9.17, 15) is 0 Å². The van der Waals surface area contributed by atoms with Crippen molar-refractivity contribution >= 4 is 27.2 Å². The van der Waals surface area contributed by atoms with Crippen LogP contribution >= 0.6 is 11.3 Å². The Morgan fingerprint density at radius 3 is 2.71 bits per heavy atom. The fourth-order valence-corrected chi connectivity index (χ4v) is 3.32. The van der Waals surface area contributed by atoms with Gasteiger partial charge in [-0.1, -0.05) is 18.2 Å². The van der Waals surface area contributed by atoms with Crippen LogP contribution in [0.2, 0.25) is 0 Å². The molecule has 2 heterocycles. The highest BCUT2D eigenvalue weighted by molar-refractivity contribution is 7.21. The Morgan fingerprint density at radius 1 is 0.952 bits per heavy atom. The van der Waals surface area contributed by atoms with E-state index in [-0.39, 0.29) is 0 Å². The Labute approximate surface area is 125 Å². The van der Waals surface area contributed by atoms with Crippen LogP contribution in [0.1, 0.15) is 0 Å². The zero-order valence-electron chi connectivity index (χ0n) is 11.1. The van der Waals surface area contributed by atoms with Crippen LogP contribution in [0.4, 0.5) is 5.69 Å². The summed E-state index contributed by atoms with van der Waals surface area (Å²) in [6.45, 7) is 0. The van der Waals surface area contributed by atoms with E-state index in [0.717, 1.165) is 37.8 Å². The van der Waals surface area contributed by atoms with Gasteiger partial charge in [0.2, 0.25) is 0 Å². The SMILES string of the molecule is Nc1ccc2nc(-c3cccc(-c4ccco4)c3)sc2c1. The third kappa shape index (κ3) is 2.19. The molecule has 4 heteroatoms. The maximum absolute atomic E-state index is 5.83. The number of nitrogen functional groups attached to an aromatic ring is 1. The van der Waals surface area contributed by atoms with Crippen LogP contribution in [0.5, 0.6) is 0 Å². The van der Waals surface area contributed by atoms with Gasteiger partial charge in [-0.25, -0.2) is 4.98 Å². The average Bonchev–Trinajstić information content (AvgIpc) is 3.16. The zero-order valence-corrected chi connectivity index (χ0v) is 11.9. The maximum Gasteiger partial charge on any atom is 0.133 e. The van der Waals surface area contributed by atoms with Crippen molar-refractivity contribution in [1.29, 1.82) is 0 Å². The molecule has 2 N–H and O–H groups in total. The molecule has 0 radical (unpaired) electrons. The number of hydrogen-bond acceptors (Lipinski definition) is 4. The number of fused-ring (bicyclic) bond motifs is 1. The molecule has 4 aromatic rings. The summed E-state index contributed by atoms with van der Waals surface area (Å²) in [5.41, 5.74) is 9.71. The van der Waals surface area contributed by atoms with Gasteiger partial charge in [0.05, 0.1) is 16.5 Å². The van der Waals surface area contributed by atoms with E-state index in [1.54, 1.807) is 17.6 Å². The van der Waals surface area contributed by atoms with E-state index >= 15 is 0 Å². The fraction of sp³-hybridized carbons (Fsp3) is 0. The molecule has 0 saturated carbocycles. The van der Waals surface area contributed by atoms with Crippen molar-refractivity contribution < 1.29 is 4.42 Å². The Bertz CT molecular complexity index is 910. The average molecular weight is 292 g/mol. The van der Waals surface area contributed by atoms with Gasteiger partial charge in [0.1, 0.15) is 10.8 Å². The Balaban J connectivity index is 1.83. The lowest BCUT2D eigenvalue weighted by molar-refractivity contribution is 0.582. The second kappa shape index (κ2) is 4.75. The van der Waals surface area contributed by atoms with Crippen LogP contribution in [0.3, 0.4) is 0 Å². The minimum atomic E-state index is 0.766. The lowest BCUT2D eigenvalue weighted by Gasteiger charge is -2.00. The summed E-state index contributed by atoms with van der Waals surface area (Å²) in [6, 6.07) is 17.9. The minimum Gasteiger partial charge on any atom is -0.464 e. The van der Waals surface area contributed by atoms with Gasteiger partial charge in [0.15, 0.2) is 0 Å². The second-order valence-corrected chi connectivity index (χ2v) is 5.83. The van der Waals surface area contributed by atoms with Gasteiger partial charge < -0.3 is 10.2 Å². The number of benzene rings is 2. The highest BCUT2D eigenvalue weighted by Crippen LogP contribution is 2.33. The van der Waals surface area contributed by atoms with Crippen molar-refractivity contribution in [3.05, 3.63) is 60.9 Å². The third-order valence-electron chi connectivity index (χ3n) is 3.33. The second-order valence-electron chi connectivity index (χ2n) is 4.80. The van der Waals surface area contributed by atoms with Crippen LogP contribution in [-0.4, -0.2) is 4.98 Å². The minimum absolute atomic E-state index is 0.766. The van der Waals surface area contributed by atoms with Gasteiger partial charge >= 0.3 is 0 Å². The lowest BCUT2D eigenvalue weighted by Crippen LogP contribution is -1.81. The first kappa shape index (κ1) is 12.2. The van der Waals surface area contributed by atoms with Crippen LogP contribution in [0.25, 0.3) is 32.1 Å². The molecule has 0 aliphatic carbocycles. The quantitative estimate of drug-likeness (QED) is 0.540. The predicted octanol–water partition coefficient (Wildman–Crippen LogP) is 4.81. The van der Waals surface area contributed by atoms with E-state index in [2.05, 4.69) is 17.1 Å². The smallest absolute Gasteiger partial charge is 0.133 e. The third-order valence-corrected chi connectivity index (χ3v) is 4.39. The number of nitrogens with two attached hydrogens (primary N) is 1. The lowest BCUT2D eigenvalue weighted by atomic mass is 10.1. The van der Waals surface area contributed by atoms with Crippen molar-refractivity contribution in [2.45, 2.75) is 0 Å². The molecule has 0 aliphatic rings. The predicted molar refractivity (Wildman–Crippen MR) is 87.2 cm³/mol. The number of anilines is 1. The van der Waals surface area contributed by atoms with Crippen molar-refractivity contribution in [2.75, 3.05) is 5.73 Å². The summed E-state index contributed by atoms with van der Waals surface area (Å²) in [5, 5.41) is 0.990. The molecular formula is C17H12N2OS. The molecule has 2 aromatic carbocycles. The number of hydrogen-bond donors (Lipinski definition) is 1. The van der Waals surface area contributed by atoms with Gasteiger partial charge in [0, 0.05) is 16.8 Å². The molecule has 0 bridgehead atoms. The van der Waals surface area contributed by atoms with Gasteiger partial charge in [-0.2, -0.15) is 0 Å². The number of thiazole rings is 1. The van der Waals surface area contributed by atoms with E-state index < -0.39 is 0 Å². The van der Waals surface area contributed by atoms with Crippen molar-refractivity contribution in [3.8, 4) is 21.9 Å². The van der Waals surface area contributed by atoms with Gasteiger partial charge in [-0.05, 0) is 36.4 Å². The molecule has 21 heavy (non-hydrogen) atoms. The van der Waals surface area contributed by atoms with E-state index in [0.29, 0.717) is 0 Å². The molecule has 0 unspecified atom stereocenters. The monoisotopic (exact) mass is 292 g/mol. The highest BCUT2D eigenvalue weighted by atomic mass is 32.1. The topological polar surface area (TPSA) is 52.0 Å². The van der Waals surface area contributed by atoms with E-state index in [1.165, 1.54) is 0 Å². The zero-order chi connectivity index (χ0) is 14.2. The fourth-order valence-electron chi connectivity index (χ4n) is 2.31. The summed E-state index contributed by atoms with van der Waals surface area (Å²) >= 11 is 1.65. The van der Waals surface area contributed by atoms with Crippen LogP contribution in [-0.2, 0) is 0 Å². The Morgan fingerprint density at radius 2 is 1.86 bits per heavy atom. The van der Waals surface area contributed by atoms with E-state index in [1.807, 2.05) is 42.5 Å². The molecule has 0 fully saturated rings. The molecule has 0 atom stereocenters. The van der Waals surface area contributed by atoms with Crippen LogP contribution in [0.15, 0.2) is 65.3 Å². The van der Waals surface area contributed by atoms with Gasteiger partial charge in [0.25, 0.3) is 0 Å². The molecule has 2 aromatic heterocycles. The molecule has 0 saturated heterocycles. The normalized spacial score (nSPS) is 11.0. The van der Waals surface area contributed by atoms with E-state index in [4.69, 9.17) is 10.2 Å². The first-order valence-electron chi connectivity index (χ1n) is 6.60. The summed E-state index contributed by atoms with van der Waals surface area (Å²) in [7, 11) is 0. The molecule has 4 rings (SSSR count). The number of rotatable bonds is 2. The Hall–Kier alpha value is -2.59. The van der Waals surface area contributed by atoms with Gasteiger partial charge in [-0.15, -0.1) is 11.3 Å². The van der Waals surface area contributed by atoms with Crippen molar-refractivity contribution in [1.82, 2.24) is 4.98 Å². The molecule has 102 valence electrons. The molecule has 0 spiro atoms. The summed E-state index contributed by atoms with van der Waals surface area (Å²) in [6.07, 6.45) is 1.68. The van der Waals surface area contributed by atoms with Crippen LogP contribution in [0, 0.1) is 0 Å². The standard InChI is InChI=1S/C17H12N2OS/c18-13-6-7-14-16(10-13)21-17(19-14)12-4-1-3-11(9-12)15-5-2-8-20-15/h1-10H,18H2. The highest BCUT2D eigenvalue weighted by Gasteiger charge is 2.08. The summed E-state index contributed by atoms with van der Waals surface area (Å²) in [4.78, 5) is 4.68. The summed E-state index contributed by atoms with van der Waals surface area (Å²) in [5.74, 6) is 0.863. The van der Waals surface area contributed by atoms with Crippen LogP contribution < -0.4 is 5.73 Å². The van der Waals surface area contributed by atoms with Crippen molar-refractivity contribution in [3.63, 3.8) is 0 Å². The molecule has 0 aliphatic heterocycles. The largest absolute Gasteiger partial charge is 0.464 e.